The third-order valence-corrected chi connectivity index (χ3v) is 12.4. The van der Waals surface area contributed by atoms with Crippen molar-refractivity contribution >= 4 is 43.6 Å². The van der Waals surface area contributed by atoms with Gasteiger partial charge in [0.15, 0.2) is 11.6 Å². The second-order valence-electron chi connectivity index (χ2n) is 16.0. The minimum Gasteiger partial charge on any atom is -0.309 e. The Morgan fingerprint density at radius 1 is 0.390 bits per heavy atom. The summed E-state index contributed by atoms with van der Waals surface area (Å²) in [5.74, 6) is 1.82. The zero-order valence-electron chi connectivity index (χ0n) is 32.6. The summed E-state index contributed by atoms with van der Waals surface area (Å²) in [6, 6.07) is 66.9. The third kappa shape index (κ3) is 4.95. The molecule has 0 spiro atoms. The molecule has 5 nitrogen and oxygen atoms in total. The Morgan fingerprint density at radius 2 is 0.966 bits per heavy atom. The van der Waals surface area contributed by atoms with Crippen LogP contribution in [0.25, 0.3) is 100 Å². The molecule has 12 rings (SSSR count). The summed E-state index contributed by atoms with van der Waals surface area (Å²) in [7, 11) is 0. The molecule has 1 aliphatic carbocycles. The summed E-state index contributed by atoms with van der Waals surface area (Å²) in [5.41, 5.74) is 14.5. The van der Waals surface area contributed by atoms with Gasteiger partial charge in [0.2, 0.25) is 5.95 Å². The van der Waals surface area contributed by atoms with Crippen LogP contribution in [0, 0.1) is 0 Å². The highest BCUT2D eigenvalue weighted by atomic mass is 15.2. The Kier molecular flexibility index (Phi) is 7.20. The van der Waals surface area contributed by atoms with Crippen LogP contribution in [0.4, 0.5) is 0 Å². The number of hydrogen-bond donors (Lipinski definition) is 0. The largest absolute Gasteiger partial charge is 0.309 e. The van der Waals surface area contributed by atoms with Gasteiger partial charge in [0.05, 0.1) is 22.1 Å². The van der Waals surface area contributed by atoms with Crippen molar-refractivity contribution in [2.24, 2.45) is 0 Å². The van der Waals surface area contributed by atoms with E-state index in [0.29, 0.717) is 17.6 Å². The second kappa shape index (κ2) is 12.7. The van der Waals surface area contributed by atoms with Gasteiger partial charge in [0, 0.05) is 43.8 Å². The topological polar surface area (TPSA) is 48.5 Å². The molecule has 0 saturated heterocycles. The second-order valence-corrected chi connectivity index (χ2v) is 16.0. The fourth-order valence-corrected chi connectivity index (χ4v) is 9.75. The maximum Gasteiger partial charge on any atom is 0.238 e. The number of benzene rings is 8. The molecule has 278 valence electrons. The Hall–Kier alpha value is -7.63. The van der Waals surface area contributed by atoms with Gasteiger partial charge in [0.1, 0.15) is 0 Å². The van der Waals surface area contributed by atoms with Crippen molar-refractivity contribution in [2.75, 3.05) is 0 Å². The van der Waals surface area contributed by atoms with Crippen molar-refractivity contribution in [3.63, 3.8) is 0 Å². The van der Waals surface area contributed by atoms with Gasteiger partial charge in [-0.1, -0.05) is 172 Å². The molecule has 0 bridgehead atoms. The SMILES string of the molecule is CC1(C)c2ccccc2-c2ccc3c4ccccc4n(-c4nc(-c5ccc6c7ccccc7n(-c7ccccc7)c6c5)nc(-c5ccccc5-c5ccccc5)n4)c3c21. The normalized spacial score (nSPS) is 13.1. The number of rotatable bonds is 5. The summed E-state index contributed by atoms with van der Waals surface area (Å²) in [5, 5.41) is 4.73. The Balaban J connectivity index is 1.18. The van der Waals surface area contributed by atoms with Crippen LogP contribution in [-0.4, -0.2) is 24.1 Å². The monoisotopic (exact) mass is 755 g/mol. The zero-order valence-corrected chi connectivity index (χ0v) is 32.6. The van der Waals surface area contributed by atoms with E-state index in [1.165, 1.54) is 43.8 Å². The van der Waals surface area contributed by atoms with Gasteiger partial charge >= 0.3 is 0 Å². The van der Waals surface area contributed by atoms with Crippen molar-refractivity contribution < 1.29 is 0 Å². The molecule has 8 aromatic carbocycles. The van der Waals surface area contributed by atoms with Gasteiger partial charge in [-0.3, -0.25) is 4.57 Å². The standard InChI is InChI=1S/C54H37N5/c1-54(2)45-26-14-11-22-38(45)42-31-32-43-40-24-13-16-28-47(40)59(50(43)49(42)54)53-56-51(55-52(57-53)44-25-10-9-21-37(44)34-17-5-3-6-18-34)35-29-30-41-39-23-12-15-27-46(39)58(48(41)33-35)36-19-7-4-8-20-36/h3-33H,1-2H3. The Morgan fingerprint density at radius 3 is 1.75 bits per heavy atom. The molecule has 0 fully saturated rings. The third-order valence-electron chi connectivity index (χ3n) is 12.4. The molecule has 0 N–H and O–H groups in total. The van der Waals surface area contributed by atoms with Crippen molar-refractivity contribution in [2.45, 2.75) is 19.3 Å². The highest BCUT2D eigenvalue weighted by molar-refractivity contribution is 6.13. The van der Waals surface area contributed by atoms with Crippen molar-refractivity contribution in [1.29, 1.82) is 0 Å². The minimum absolute atomic E-state index is 0.258. The molecular formula is C54H37N5. The summed E-state index contributed by atoms with van der Waals surface area (Å²) in [4.78, 5) is 16.4. The molecule has 0 atom stereocenters. The average molecular weight is 756 g/mol. The van der Waals surface area contributed by atoms with Crippen LogP contribution in [0.1, 0.15) is 25.0 Å². The van der Waals surface area contributed by atoms with Gasteiger partial charge in [-0.25, -0.2) is 4.98 Å². The minimum atomic E-state index is -0.258. The van der Waals surface area contributed by atoms with Gasteiger partial charge < -0.3 is 4.57 Å². The molecule has 1 aliphatic rings. The van der Waals surface area contributed by atoms with E-state index in [1.807, 2.05) is 0 Å². The van der Waals surface area contributed by atoms with E-state index in [-0.39, 0.29) is 5.41 Å². The van der Waals surface area contributed by atoms with Crippen molar-refractivity contribution in [3.8, 4) is 56.7 Å². The maximum absolute atomic E-state index is 5.49. The molecule has 3 aromatic heterocycles. The summed E-state index contributed by atoms with van der Waals surface area (Å²) in [6.07, 6.45) is 0. The Bertz CT molecular complexity index is 3470. The van der Waals surface area contributed by atoms with Crippen LogP contribution >= 0.6 is 0 Å². The molecule has 0 unspecified atom stereocenters. The van der Waals surface area contributed by atoms with E-state index in [9.17, 15) is 0 Å². The van der Waals surface area contributed by atoms with Gasteiger partial charge in [0.25, 0.3) is 0 Å². The van der Waals surface area contributed by atoms with Crippen LogP contribution in [0.2, 0.25) is 0 Å². The lowest BCUT2D eigenvalue weighted by atomic mass is 9.81. The lowest BCUT2D eigenvalue weighted by Crippen LogP contribution is -2.17. The quantitative estimate of drug-likeness (QED) is 0.176. The van der Waals surface area contributed by atoms with Crippen LogP contribution in [-0.2, 0) is 5.41 Å². The molecular weight excluding hydrogens is 719 g/mol. The first-order valence-electron chi connectivity index (χ1n) is 20.2. The first-order valence-corrected chi connectivity index (χ1v) is 20.2. The first-order chi connectivity index (χ1) is 29.0. The maximum atomic E-state index is 5.49. The smallest absolute Gasteiger partial charge is 0.238 e. The van der Waals surface area contributed by atoms with E-state index in [4.69, 9.17) is 15.0 Å². The van der Waals surface area contributed by atoms with Gasteiger partial charge in [-0.15, -0.1) is 0 Å². The zero-order chi connectivity index (χ0) is 39.2. The number of fused-ring (bicyclic) bond motifs is 10. The Labute approximate surface area is 341 Å². The summed E-state index contributed by atoms with van der Waals surface area (Å²) >= 11 is 0. The average Bonchev–Trinajstić information content (AvgIpc) is 3.89. The van der Waals surface area contributed by atoms with E-state index in [2.05, 4.69) is 211 Å². The molecule has 0 amide bonds. The van der Waals surface area contributed by atoms with Crippen LogP contribution < -0.4 is 0 Å². The van der Waals surface area contributed by atoms with Crippen molar-refractivity contribution in [1.82, 2.24) is 24.1 Å². The van der Waals surface area contributed by atoms with Crippen LogP contribution in [0.15, 0.2) is 188 Å². The summed E-state index contributed by atoms with van der Waals surface area (Å²) in [6.45, 7) is 4.70. The van der Waals surface area contributed by atoms with Gasteiger partial charge in [-0.05, 0) is 63.7 Å². The predicted molar refractivity (Wildman–Crippen MR) is 242 cm³/mol. The number of aromatic nitrogens is 5. The summed E-state index contributed by atoms with van der Waals surface area (Å²) < 4.78 is 4.65. The fraction of sp³-hybridized carbons (Fsp3) is 0.0556. The number of hydrogen-bond acceptors (Lipinski definition) is 3. The number of para-hydroxylation sites is 3. The number of nitrogens with zero attached hydrogens (tertiary/aromatic N) is 5. The highest BCUT2D eigenvalue weighted by Gasteiger charge is 2.38. The van der Waals surface area contributed by atoms with E-state index in [0.717, 1.165) is 50.0 Å². The molecule has 0 aliphatic heterocycles. The van der Waals surface area contributed by atoms with Crippen LogP contribution in [0.3, 0.4) is 0 Å². The van der Waals surface area contributed by atoms with E-state index >= 15 is 0 Å². The van der Waals surface area contributed by atoms with Crippen LogP contribution in [0.5, 0.6) is 0 Å². The molecule has 59 heavy (non-hydrogen) atoms. The molecule has 0 radical (unpaired) electrons. The molecule has 3 heterocycles. The molecule has 0 saturated carbocycles. The lowest BCUT2D eigenvalue weighted by Gasteiger charge is -2.23. The van der Waals surface area contributed by atoms with Crippen molar-refractivity contribution in [3.05, 3.63) is 199 Å². The predicted octanol–water partition coefficient (Wildman–Crippen LogP) is 13.4. The fourth-order valence-electron chi connectivity index (χ4n) is 9.75. The van der Waals surface area contributed by atoms with Gasteiger partial charge in [-0.2, -0.15) is 9.97 Å². The molecule has 11 aromatic rings. The van der Waals surface area contributed by atoms with E-state index < -0.39 is 0 Å². The lowest BCUT2D eigenvalue weighted by molar-refractivity contribution is 0.663. The first kappa shape index (κ1) is 33.5. The highest BCUT2D eigenvalue weighted by Crippen LogP contribution is 2.53. The van der Waals surface area contributed by atoms with E-state index in [1.54, 1.807) is 0 Å². The molecule has 5 heteroatoms.